The molecule has 0 radical (unpaired) electrons. The van der Waals surface area contributed by atoms with E-state index >= 15 is 0 Å². The van der Waals surface area contributed by atoms with Gasteiger partial charge in [-0.25, -0.2) is 0 Å². The van der Waals surface area contributed by atoms with Crippen molar-refractivity contribution in [2.75, 3.05) is 18.1 Å². The standard InChI is InChI=1S/C27H22ClN3O5S/c1-2-34-26(33)20-12-13-35-23-15-24(22(28)14-21(20)23)36-19-10-8-17(9-11-19)25(32)31(27-30-29-16-37-27)18-6-4-3-5-7-18/h3-11,14-16,20H,2,12-13H2,1H3. The van der Waals surface area contributed by atoms with Gasteiger partial charge in [0.05, 0.1) is 29.8 Å². The van der Waals surface area contributed by atoms with Crippen LogP contribution in [0.5, 0.6) is 17.2 Å². The molecule has 1 atom stereocenters. The number of fused-ring (bicyclic) bond motifs is 1. The van der Waals surface area contributed by atoms with E-state index in [-0.39, 0.29) is 11.9 Å². The molecule has 4 aromatic rings. The van der Waals surface area contributed by atoms with E-state index in [0.717, 1.165) is 0 Å². The number of carbonyl (C=O) groups excluding carboxylic acids is 2. The van der Waals surface area contributed by atoms with Gasteiger partial charge in [0.25, 0.3) is 5.91 Å². The Morgan fingerprint density at radius 3 is 2.62 bits per heavy atom. The molecule has 0 saturated heterocycles. The SMILES string of the molecule is CCOC(=O)C1CCOc2cc(Oc3ccc(C(=O)N(c4ccccc4)c4nncs4)cc3)c(Cl)cc21. The minimum atomic E-state index is -0.429. The number of ether oxygens (including phenoxy) is 3. The smallest absolute Gasteiger partial charge is 0.313 e. The maximum absolute atomic E-state index is 13.4. The van der Waals surface area contributed by atoms with E-state index in [1.54, 1.807) is 48.8 Å². The maximum Gasteiger partial charge on any atom is 0.313 e. The summed E-state index contributed by atoms with van der Waals surface area (Å²) >= 11 is 7.77. The molecule has 1 aromatic heterocycles. The van der Waals surface area contributed by atoms with Gasteiger partial charge in [0.2, 0.25) is 5.13 Å². The predicted octanol–water partition coefficient (Wildman–Crippen LogP) is 6.39. The molecule has 2 heterocycles. The minimum Gasteiger partial charge on any atom is -0.493 e. The zero-order chi connectivity index (χ0) is 25.8. The number of rotatable bonds is 7. The number of aromatic nitrogens is 2. The number of anilines is 2. The van der Waals surface area contributed by atoms with Gasteiger partial charge in [-0.05, 0) is 55.8 Å². The second-order valence-corrected chi connectivity index (χ2v) is 9.30. The van der Waals surface area contributed by atoms with E-state index in [4.69, 9.17) is 25.8 Å². The van der Waals surface area contributed by atoms with Gasteiger partial charge in [0.15, 0.2) is 0 Å². The highest BCUT2D eigenvalue weighted by Crippen LogP contribution is 2.42. The first-order chi connectivity index (χ1) is 18.0. The Hall–Kier alpha value is -3.95. The van der Waals surface area contributed by atoms with Crippen LogP contribution in [0.2, 0.25) is 5.02 Å². The van der Waals surface area contributed by atoms with Crippen molar-refractivity contribution in [3.8, 4) is 17.2 Å². The summed E-state index contributed by atoms with van der Waals surface area (Å²) < 4.78 is 17.0. The molecule has 3 aromatic carbocycles. The average molecular weight is 536 g/mol. The van der Waals surface area contributed by atoms with Gasteiger partial charge in [-0.1, -0.05) is 41.1 Å². The zero-order valence-corrected chi connectivity index (χ0v) is 21.4. The fourth-order valence-corrected chi connectivity index (χ4v) is 4.82. The third-order valence-corrected chi connectivity index (χ3v) is 6.73. The number of halogens is 1. The summed E-state index contributed by atoms with van der Waals surface area (Å²) in [7, 11) is 0. The van der Waals surface area contributed by atoms with E-state index < -0.39 is 5.92 Å². The first-order valence-electron chi connectivity index (χ1n) is 11.6. The fourth-order valence-electron chi connectivity index (χ4n) is 4.03. The molecule has 0 spiro atoms. The first-order valence-corrected chi connectivity index (χ1v) is 12.9. The van der Waals surface area contributed by atoms with Crippen LogP contribution in [0.25, 0.3) is 0 Å². The molecule has 188 valence electrons. The Morgan fingerprint density at radius 2 is 1.92 bits per heavy atom. The molecule has 1 aliphatic heterocycles. The van der Waals surface area contributed by atoms with E-state index in [9.17, 15) is 9.59 Å². The number of amides is 1. The Kier molecular flexibility index (Phi) is 7.34. The van der Waals surface area contributed by atoms with Crippen molar-refractivity contribution in [2.24, 2.45) is 0 Å². The van der Waals surface area contributed by atoms with Crippen molar-refractivity contribution in [1.82, 2.24) is 10.2 Å². The number of hydrogen-bond acceptors (Lipinski definition) is 8. The second kappa shape index (κ2) is 11.0. The third kappa shape index (κ3) is 5.28. The van der Waals surface area contributed by atoms with Gasteiger partial charge >= 0.3 is 5.97 Å². The molecular formula is C27H22ClN3O5S. The number of benzene rings is 3. The molecular weight excluding hydrogens is 514 g/mol. The largest absolute Gasteiger partial charge is 0.493 e. The number of nitrogens with zero attached hydrogens (tertiary/aromatic N) is 3. The van der Waals surface area contributed by atoms with Crippen LogP contribution >= 0.6 is 22.9 Å². The highest BCUT2D eigenvalue weighted by atomic mass is 35.5. The van der Waals surface area contributed by atoms with Crippen LogP contribution in [-0.2, 0) is 9.53 Å². The minimum absolute atomic E-state index is 0.250. The van der Waals surface area contributed by atoms with Crippen LogP contribution in [0.1, 0.15) is 35.2 Å². The number of esters is 1. The Bertz CT molecular complexity index is 1400. The Balaban J connectivity index is 1.36. The van der Waals surface area contributed by atoms with Gasteiger partial charge in [-0.2, -0.15) is 0 Å². The van der Waals surface area contributed by atoms with E-state index in [1.807, 2.05) is 30.3 Å². The van der Waals surface area contributed by atoms with Gasteiger partial charge < -0.3 is 14.2 Å². The molecule has 0 saturated carbocycles. The first kappa shape index (κ1) is 24.7. The summed E-state index contributed by atoms with van der Waals surface area (Å²) in [5, 5.41) is 8.76. The van der Waals surface area contributed by atoms with Crippen LogP contribution in [0.4, 0.5) is 10.8 Å². The molecule has 1 aliphatic rings. The summed E-state index contributed by atoms with van der Waals surface area (Å²) in [5.74, 6) is 0.421. The van der Waals surface area contributed by atoms with Crippen LogP contribution in [0.15, 0.2) is 72.2 Å². The zero-order valence-electron chi connectivity index (χ0n) is 19.8. The van der Waals surface area contributed by atoms with Crippen LogP contribution in [0, 0.1) is 0 Å². The molecule has 10 heteroatoms. The predicted molar refractivity (Wildman–Crippen MR) is 140 cm³/mol. The van der Waals surface area contributed by atoms with E-state index in [1.165, 1.54) is 16.2 Å². The summed E-state index contributed by atoms with van der Waals surface area (Å²) in [5.41, 5.74) is 3.40. The molecule has 0 aliphatic carbocycles. The lowest BCUT2D eigenvalue weighted by Crippen LogP contribution is -2.25. The number of para-hydroxylation sites is 1. The van der Waals surface area contributed by atoms with Crippen LogP contribution in [-0.4, -0.2) is 35.3 Å². The molecule has 0 fully saturated rings. The van der Waals surface area contributed by atoms with Gasteiger partial charge in [-0.3, -0.25) is 14.5 Å². The summed E-state index contributed by atoms with van der Waals surface area (Å²) in [6.07, 6.45) is 0.523. The van der Waals surface area contributed by atoms with Gasteiger partial charge in [-0.15, -0.1) is 10.2 Å². The lowest BCUT2D eigenvalue weighted by Gasteiger charge is -2.25. The highest BCUT2D eigenvalue weighted by molar-refractivity contribution is 7.13. The highest BCUT2D eigenvalue weighted by Gasteiger charge is 2.30. The van der Waals surface area contributed by atoms with Crippen molar-refractivity contribution >= 4 is 45.6 Å². The van der Waals surface area contributed by atoms with Crippen molar-refractivity contribution in [3.63, 3.8) is 0 Å². The topological polar surface area (TPSA) is 90.9 Å². The van der Waals surface area contributed by atoms with E-state index in [0.29, 0.717) is 63.9 Å². The summed E-state index contributed by atoms with van der Waals surface area (Å²) in [6.45, 7) is 2.47. The molecule has 5 rings (SSSR count). The Morgan fingerprint density at radius 1 is 1.14 bits per heavy atom. The normalized spacial score (nSPS) is 14.3. The maximum atomic E-state index is 13.4. The Labute approximate surface area is 222 Å². The summed E-state index contributed by atoms with van der Waals surface area (Å²) in [4.78, 5) is 27.3. The van der Waals surface area contributed by atoms with Crippen molar-refractivity contribution in [1.29, 1.82) is 0 Å². The average Bonchev–Trinajstić information content (AvgIpc) is 3.44. The molecule has 1 amide bonds. The van der Waals surface area contributed by atoms with Crippen LogP contribution < -0.4 is 14.4 Å². The van der Waals surface area contributed by atoms with E-state index in [2.05, 4.69) is 10.2 Å². The monoisotopic (exact) mass is 535 g/mol. The molecule has 37 heavy (non-hydrogen) atoms. The lowest BCUT2D eigenvalue weighted by molar-refractivity contribution is -0.145. The van der Waals surface area contributed by atoms with Crippen molar-refractivity contribution < 1.29 is 23.8 Å². The van der Waals surface area contributed by atoms with Gasteiger partial charge in [0.1, 0.15) is 22.8 Å². The third-order valence-electron chi connectivity index (χ3n) is 5.76. The molecule has 8 nitrogen and oxygen atoms in total. The fraction of sp³-hybridized carbons (Fsp3) is 0.185. The number of hydrogen-bond donors (Lipinski definition) is 0. The summed E-state index contributed by atoms with van der Waals surface area (Å²) in [6, 6.07) is 19.4. The second-order valence-electron chi connectivity index (χ2n) is 8.09. The van der Waals surface area contributed by atoms with Gasteiger partial charge in [0, 0.05) is 17.2 Å². The molecule has 0 bridgehead atoms. The number of carbonyl (C=O) groups is 2. The quantitative estimate of drug-likeness (QED) is 0.253. The molecule has 0 N–H and O–H groups in total. The molecule has 1 unspecified atom stereocenters. The lowest BCUT2D eigenvalue weighted by atomic mass is 9.93. The van der Waals surface area contributed by atoms with Crippen molar-refractivity contribution in [3.05, 3.63) is 88.4 Å². The van der Waals surface area contributed by atoms with Crippen LogP contribution in [0.3, 0.4) is 0 Å². The van der Waals surface area contributed by atoms with Crippen molar-refractivity contribution in [2.45, 2.75) is 19.3 Å².